The molecule has 16 heavy (non-hydrogen) atoms. The van der Waals surface area contributed by atoms with Crippen molar-refractivity contribution >= 4 is 0 Å². The van der Waals surface area contributed by atoms with Gasteiger partial charge in [0.25, 0.3) is 0 Å². The van der Waals surface area contributed by atoms with Gasteiger partial charge in [-0.05, 0) is 12.3 Å². The lowest BCUT2D eigenvalue weighted by molar-refractivity contribution is 0.525. The van der Waals surface area contributed by atoms with Gasteiger partial charge in [-0.25, -0.2) is 0 Å². The van der Waals surface area contributed by atoms with E-state index in [0.717, 1.165) is 0 Å². The summed E-state index contributed by atoms with van der Waals surface area (Å²) >= 11 is 0. The standard InChI is InChI=1S/C16H32/c1-4-5-6-7-8-9-10-11-12-13-14-15-16(2)3/h4,16H,2,5-15H2,1,3H3. The van der Waals surface area contributed by atoms with Crippen LogP contribution in [0.3, 0.4) is 0 Å². The van der Waals surface area contributed by atoms with Crippen LogP contribution in [0, 0.1) is 19.3 Å². The maximum atomic E-state index is 4.02. The molecule has 0 aromatic rings. The predicted octanol–water partition coefficient (Wildman–Crippen LogP) is 5.97. The molecular weight excluding hydrogens is 192 g/mol. The number of hydrogen-bond donors (Lipinski definition) is 0. The van der Waals surface area contributed by atoms with E-state index in [2.05, 4.69) is 27.2 Å². The van der Waals surface area contributed by atoms with Gasteiger partial charge in [0.05, 0.1) is 0 Å². The molecule has 1 unspecified atom stereocenters. The molecule has 1 atom stereocenters. The van der Waals surface area contributed by atoms with Crippen molar-refractivity contribution in [2.75, 3.05) is 0 Å². The maximum Gasteiger partial charge on any atom is -0.0417 e. The number of unbranched alkanes of at least 4 members (excludes halogenated alkanes) is 10. The summed E-state index contributed by atoms with van der Waals surface area (Å²) in [7, 11) is 0. The second kappa shape index (κ2) is 13.1. The summed E-state index contributed by atoms with van der Waals surface area (Å²) in [5.41, 5.74) is 0. The van der Waals surface area contributed by atoms with Gasteiger partial charge < -0.3 is 0 Å². The molecular formula is C16H32. The van der Waals surface area contributed by atoms with Crippen LogP contribution in [0.15, 0.2) is 0 Å². The highest BCUT2D eigenvalue weighted by Crippen LogP contribution is 2.13. The summed E-state index contributed by atoms with van der Waals surface area (Å²) < 4.78 is 0. The average molecular weight is 224 g/mol. The summed E-state index contributed by atoms with van der Waals surface area (Å²) in [6.07, 6.45) is 17.8. The Morgan fingerprint density at radius 3 is 1.69 bits per heavy atom. The third kappa shape index (κ3) is 14.0. The van der Waals surface area contributed by atoms with Gasteiger partial charge in [-0.1, -0.05) is 91.4 Å². The Morgan fingerprint density at radius 2 is 1.25 bits per heavy atom. The van der Waals surface area contributed by atoms with E-state index in [1.807, 2.05) is 0 Å². The highest BCUT2D eigenvalue weighted by Gasteiger charge is 1.95. The summed E-state index contributed by atoms with van der Waals surface area (Å²) in [5.74, 6) is 0.648. The zero-order chi connectivity index (χ0) is 12.1. The minimum Gasteiger partial charge on any atom is -0.0625 e. The first-order valence-electron chi connectivity index (χ1n) is 7.38. The molecule has 96 valence electrons. The highest BCUT2D eigenvalue weighted by molar-refractivity contribution is 4.56. The molecule has 0 spiro atoms. The molecule has 0 saturated heterocycles. The van der Waals surface area contributed by atoms with Crippen molar-refractivity contribution in [2.45, 2.75) is 84.5 Å². The Labute approximate surface area is 104 Å². The Morgan fingerprint density at radius 1 is 0.812 bits per heavy atom. The van der Waals surface area contributed by atoms with E-state index in [1.165, 1.54) is 70.6 Å². The average Bonchev–Trinajstić information content (AvgIpc) is 2.25. The van der Waals surface area contributed by atoms with Crippen molar-refractivity contribution in [2.24, 2.45) is 5.92 Å². The molecule has 0 heterocycles. The highest BCUT2D eigenvalue weighted by atomic mass is 14.0. The number of hydrogen-bond acceptors (Lipinski definition) is 0. The van der Waals surface area contributed by atoms with E-state index in [9.17, 15) is 0 Å². The van der Waals surface area contributed by atoms with Crippen LogP contribution in [0.4, 0.5) is 0 Å². The summed E-state index contributed by atoms with van der Waals surface area (Å²) in [6, 6.07) is 0. The molecule has 0 fully saturated rings. The minimum absolute atomic E-state index is 0.648. The second-order valence-corrected chi connectivity index (χ2v) is 5.27. The lowest BCUT2D eigenvalue weighted by Crippen LogP contribution is -1.87. The smallest absolute Gasteiger partial charge is 0.0417 e. The Balaban J connectivity index is 2.88. The molecule has 0 aliphatic rings. The number of rotatable bonds is 12. The van der Waals surface area contributed by atoms with Gasteiger partial charge in [0, 0.05) is 0 Å². The van der Waals surface area contributed by atoms with Gasteiger partial charge in [0.15, 0.2) is 0 Å². The zero-order valence-corrected chi connectivity index (χ0v) is 11.6. The van der Waals surface area contributed by atoms with Crippen molar-refractivity contribution in [3.8, 4) is 0 Å². The summed E-state index contributed by atoms with van der Waals surface area (Å²) in [4.78, 5) is 0. The molecule has 0 aromatic heterocycles. The van der Waals surface area contributed by atoms with Crippen LogP contribution in [0.25, 0.3) is 0 Å². The van der Waals surface area contributed by atoms with E-state index < -0.39 is 0 Å². The van der Waals surface area contributed by atoms with Crippen molar-refractivity contribution < 1.29 is 0 Å². The quantitative estimate of drug-likeness (QED) is 0.358. The predicted molar refractivity (Wildman–Crippen MR) is 75.3 cm³/mol. The van der Waals surface area contributed by atoms with E-state index in [4.69, 9.17) is 0 Å². The monoisotopic (exact) mass is 224 g/mol. The van der Waals surface area contributed by atoms with E-state index in [-0.39, 0.29) is 0 Å². The van der Waals surface area contributed by atoms with Gasteiger partial charge in [-0.3, -0.25) is 0 Å². The largest absolute Gasteiger partial charge is 0.0625 e. The zero-order valence-electron chi connectivity index (χ0n) is 11.6. The second-order valence-electron chi connectivity index (χ2n) is 5.27. The molecule has 0 nitrogen and oxygen atoms in total. The third-order valence-corrected chi connectivity index (χ3v) is 3.19. The first kappa shape index (κ1) is 16.0. The van der Waals surface area contributed by atoms with E-state index in [1.54, 1.807) is 0 Å². The Kier molecular flexibility index (Phi) is 13.1. The molecule has 0 amide bonds. The van der Waals surface area contributed by atoms with Crippen LogP contribution in [0.5, 0.6) is 0 Å². The van der Waals surface area contributed by atoms with Crippen molar-refractivity contribution in [3.63, 3.8) is 0 Å². The van der Waals surface area contributed by atoms with Crippen LogP contribution in [-0.2, 0) is 0 Å². The normalized spacial score (nSPS) is 11.2. The first-order valence-corrected chi connectivity index (χ1v) is 7.38. The Bertz CT molecular complexity index is 115. The molecule has 0 rings (SSSR count). The molecule has 0 bridgehead atoms. The summed E-state index contributed by atoms with van der Waals surface area (Å²) in [5, 5.41) is 0. The van der Waals surface area contributed by atoms with Crippen LogP contribution < -0.4 is 0 Å². The SMILES string of the molecule is [CH2]C(C)CCCCCCCCCCC[CH]C. The fraction of sp³-hybridized carbons (Fsp3) is 0.875. The minimum atomic E-state index is 0.648. The molecule has 2 radical (unpaired) electrons. The van der Waals surface area contributed by atoms with Crippen LogP contribution in [-0.4, -0.2) is 0 Å². The van der Waals surface area contributed by atoms with Gasteiger partial charge in [-0.2, -0.15) is 0 Å². The Hall–Kier alpha value is 0. The van der Waals surface area contributed by atoms with Gasteiger partial charge in [-0.15, -0.1) is 0 Å². The molecule has 0 aliphatic carbocycles. The molecule has 0 heteroatoms. The van der Waals surface area contributed by atoms with Gasteiger partial charge in [0.1, 0.15) is 0 Å². The maximum absolute atomic E-state index is 4.02. The topological polar surface area (TPSA) is 0 Å². The first-order chi connectivity index (χ1) is 7.77. The molecule has 0 aliphatic heterocycles. The molecule has 0 saturated carbocycles. The fourth-order valence-corrected chi connectivity index (χ4v) is 2.08. The molecule has 0 N–H and O–H groups in total. The lowest BCUT2D eigenvalue weighted by atomic mass is 10.0. The van der Waals surface area contributed by atoms with Crippen molar-refractivity contribution in [3.05, 3.63) is 13.3 Å². The molecule has 0 aromatic carbocycles. The lowest BCUT2D eigenvalue weighted by Gasteiger charge is -2.04. The van der Waals surface area contributed by atoms with Crippen molar-refractivity contribution in [1.82, 2.24) is 0 Å². The van der Waals surface area contributed by atoms with E-state index >= 15 is 0 Å². The van der Waals surface area contributed by atoms with Crippen LogP contribution in [0.2, 0.25) is 0 Å². The van der Waals surface area contributed by atoms with Crippen LogP contribution >= 0.6 is 0 Å². The van der Waals surface area contributed by atoms with Gasteiger partial charge in [0.2, 0.25) is 0 Å². The van der Waals surface area contributed by atoms with E-state index in [0.29, 0.717) is 5.92 Å². The summed E-state index contributed by atoms with van der Waals surface area (Å²) in [6.45, 7) is 8.39. The fourth-order valence-electron chi connectivity index (χ4n) is 2.08. The van der Waals surface area contributed by atoms with Crippen LogP contribution in [0.1, 0.15) is 84.5 Å². The third-order valence-electron chi connectivity index (χ3n) is 3.19. The van der Waals surface area contributed by atoms with Gasteiger partial charge >= 0.3 is 0 Å². The van der Waals surface area contributed by atoms with Crippen molar-refractivity contribution in [1.29, 1.82) is 0 Å².